The number of nitrogens with one attached hydrogen (secondary N) is 1. The molecule has 0 fully saturated rings. The lowest BCUT2D eigenvalue weighted by Crippen LogP contribution is -2.12. The Kier molecular flexibility index (Phi) is 3.85. The molecule has 0 bridgehead atoms. The third kappa shape index (κ3) is 2.69. The summed E-state index contributed by atoms with van der Waals surface area (Å²) in [5.74, 6) is 1.27. The summed E-state index contributed by atoms with van der Waals surface area (Å²) in [6.07, 6.45) is 0.873. The van der Waals surface area contributed by atoms with E-state index in [1.165, 1.54) is 5.56 Å². The zero-order chi connectivity index (χ0) is 15.7. The van der Waals surface area contributed by atoms with Crippen LogP contribution in [-0.2, 0) is 6.42 Å². The van der Waals surface area contributed by atoms with E-state index in [4.69, 9.17) is 21.8 Å². The van der Waals surface area contributed by atoms with Crippen LogP contribution in [0.25, 0.3) is 11.0 Å². The van der Waals surface area contributed by atoms with Crippen molar-refractivity contribution in [2.45, 2.75) is 26.3 Å². The number of nitrogen functional groups attached to an aromatic ring is 1. The van der Waals surface area contributed by atoms with Crippen LogP contribution >= 0.6 is 11.6 Å². The van der Waals surface area contributed by atoms with Crippen molar-refractivity contribution < 1.29 is 4.42 Å². The van der Waals surface area contributed by atoms with Crippen LogP contribution in [0.4, 0.5) is 11.9 Å². The van der Waals surface area contributed by atoms with Crippen molar-refractivity contribution in [2.24, 2.45) is 0 Å². The van der Waals surface area contributed by atoms with Crippen molar-refractivity contribution in [1.82, 2.24) is 15.0 Å². The summed E-state index contributed by atoms with van der Waals surface area (Å²) in [5.41, 5.74) is 7.62. The molecule has 6 nitrogen and oxygen atoms in total. The smallest absolute Gasteiger partial charge is 0.229 e. The fraction of sp³-hybridized carbons (Fsp3) is 0.267. The lowest BCUT2D eigenvalue weighted by molar-refractivity contribution is 0.518. The molecule has 2 aromatic heterocycles. The highest BCUT2D eigenvalue weighted by atomic mass is 35.5. The molecule has 1 unspecified atom stereocenters. The van der Waals surface area contributed by atoms with Gasteiger partial charge in [-0.2, -0.15) is 15.0 Å². The number of benzene rings is 1. The average molecular weight is 318 g/mol. The van der Waals surface area contributed by atoms with E-state index in [0.717, 1.165) is 23.2 Å². The van der Waals surface area contributed by atoms with Gasteiger partial charge < -0.3 is 15.5 Å². The topological polar surface area (TPSA) is 89.9 Å². The quantitative estimate of drug-likeness (QED) is 0.764. The van der Waals surface area contributed by atoms with Gasteiger partial charge in [0.1, 0.15) is 11.3 Å². The molecule has 0 aliphatic rings. The fourth-order valence-electron chi connectivity index (χ4n) is 2.52. The van der Waals surface area contributed by atoms with Gasteiger partial charge in [0, 0.05) is 10.9 Å². The van der Waals surface area contributed by atoms with E-state index in [0.29, 0.717) is 5.95 Å². The number of para-hydroxylation sites is 1. The summed E-state index contributed by atoms with van der Waals surface area (Å²) in [4.78, 5) is 11.8. The normalized spacial score (nSPS) is 12.5. The first-order valence-corrected chi connectivity index (χ1v) is 7.40. The van der Waals surface area contributed by atoms with Crippen LogP contribution in [0.1, 0.15) is 31.2 Å². The van der Waals surface area contributed by atoms with Crippen LogP contribution < -0.4 is 11.1 Å². The third-order valence-electron chi connectivity index (χ3n) is 3.45. The van der Waals surface area contributed by atoms with Gasteiger partial charge in [0.25, 0.3) is 0 Å². The zero-order valence-corrected chi connectivity index (χ0v) is 13.1. The largest absolute Gasteiger partial charge is 0.459 e. The molecule has 0 aliphatic heterocycles. The van der Waals surface area contributed by atoms with Crippen LogP contribution in [0.3, 0.4) is 0 Å². The van der Waals surface area contributed by atoms with Gasteiger partial charge in [-0.05, 0) is 31.0 Å². The van der Waals surface area contributed by atoms with Gasteiger partial charge in [-0.1, -0.05) is 25.1 Å². The van der Waals surface area contributed by atoms with Gasteiger partial charge in [0.05, 0.1) is 6.04 Å². The van der Waals surface area contributed by atoms with Gasteiger partial charge in [-0.3, -0.25) is 0 Å². The molecule has 7 heteroatoms. The molecule has 0 saturated carbocycles. The van der Waals surface area contributed by atoms with Gasteiger partial charge in [0.2, 0.25) is 17.2 Å². The average Bonchev–Trinajstić information content (AvgIpc) is 2.84. The molecule has 1 aromatic carbocycles. The van der Waals surface area contributed by atoms with Crippen molar-refractivity contribution in [1.29, 1.82) is 0 Å². The maximum Gasteiger partial charge on any atom is 0.229 e. The second-order valence-corrected chi connectivity index (χ2v) is 5.28. The van der Waals surface area contributed by atoms with Gasteiger partial charge in [-0.25, -0.2) is 0 Å². The number of aromatic nitrogens is 3. The molecule has 114 valence electrons. The molecule has 3 aromatic rings. The van der Waals surface area contributed by atoms with E-state index in [-0.39, 0.29) is 17.3 Å². The molecule has 22 heavy (non-hydrogen) atoms. The molecular weight excluding hydrogens is 302 g/mol. The van der Waals surface area contributed by atoms with Crippen molar-refractivity contribution >= 4 is 34.5 Å². The predicted octanol–water partition coefficient (Wildman–Crippen LogP) is 3.59. The van der Waals surface area contributed by atoms with E-state index in [1.54, 1.807) is 0 Å². The van der Waals surface area contributed by atoms with E-state index in [2.05, 4.69) is 33.3 Å². The molecule has 3 N–H and O–H groups in total. The summed E-state index contributed by atoms with van der Waals surface area (Å²) in [6, 6.07) is 7.86. The zero-order valence-electron chi connectivity index (χ0n) is 12.3. The lowest BCUT2D eigenvalue weighted by Gasteiger charge is -2.13. The number of rotatable bonds is 4. The van der Waals surface area contributed by atoms with E-state index in [1.807, 2.05) is 25.1 Å². The Bertz CT molecular complexity index is 797. The monoisotopic (exact) mass is 317 g/mol. The number of hydrogen-bond donors (Lipinski definition) is 2. The summed E-state index contributed by atoms with van der Waals surface area (Å²) >= 11 is 5.80. The number of nitrogens with two attached hydrogens (primary N) is 1. The fourth-order valence-corrected chi connectivity index (χ4v) is 2.69. The molecular formula is C15H16ClN5O. The number of nitrogens with zero attached hydrogens (tertiary/aromatic N) is 3. The van der Waals surface area contributed by atoms with Crippen molar-refractivity contribution in [3.63, 3.8) is 0 Å². The van der Waals surface area contributed by atoms with E-state index in [9.17, 15) is 0 Å². The molecule has 0 amide bonds. The highest BCUT2D eigenvalue weighted by Gasteiger charge is 2.19. The lowest BCUT2D eigenvalue weighted by atomic mass is 10.1. The SMILES string of the molecule is CCc1c(C(C)Nc2nc(N)nc(Cl)n2)oc2ccccc12. The Hall–Kier alpha value is -2.34. The minimum absolute atomic E-state index is 0.0579. The highest BCUT2D eigenvalue weighted by molar-refractivity contribution is 6.28. The molecule has 0 spiro atoms. The van der Waals surface area contributed by atoms with Crippen LogP contribution in [0.15, 0.2) is 28.7 Å². The number of hydrogen-bond acceptors (Lipinski definition) is 6. The van der Waals surface area contributed by atoms with Crippen LogP contribution in [-0.4, -0.2) is 15.0 Å². The van der Waals surface area contributed by atoms with Crippen LogP contribution in [0, 0.1) is 0 Å². The molecule has 2 heterocycles. The molecule has 0 aliphatic carbocycles. The van der Waals surface area contributed by atoms with Crippen molar-refractivity contribution in [3.05, 3.63) is 40.9 Å². The Morgan fingerprint density at radius 1 is 1.27 bits per heavy atom. The Morgan fingerprint density at radius 3 is 2.77 bits per heavy atom. The van der Waals surface area contributed by atoms with Crippen LogP contribution in [0.5, 0.6) is 0 Å². The summed E-state index contributed by atoms with van der Waals surface area (Å²) in [6.45, 7) is 4.08. The Balaban J connectivity index is 1.96. The van der Waals surface area contributed by atoms with Gasteiger partial charge in [-0.15, -0.1) is 0 Å². The first-order chi connectivity index (χ1) is 10.6. The maximum atomic E-state index is 5.99. The van der Waals surface area contributed by atoms with Gasteiger partial charge in [0.15, 0.2) is 0 Å². The number of aryl methyl sites for hydroxylation is 1. The molecule has 3 rings (SSSR count). The maximum absolute atomic E-state index is 5.99. The number of anilines is 2. The summed E-state index contributed by atoms with van der Waals surface area (Å²) < 4.78 is 5.99. The van der Waals surface area contributed by atoms with Crippen molar-refractivity contribution in [2.75, 3.05) is 11.1 Å². The molecule has 0 radical (unpaired) electrons. The van der Waals surface area contributed by atoms with Gasteiger partial charge >= 0.3 is 0 Å². The predicted molar refractivity (Wildman–Crippen MR) is 86.9 cm³/mol. The Labute approximate surface area is 132 Å². The summed E-state index contributed by atoms with van der Waals surface area (Å²) in [7, 11) is 0. The van der Waals surface area contributed by atoms with Crippen molar-refractivity contribution in [3.8, 4) is 0 Å². The van der Waals surface area contributed by atoms with E-state index >= 15 is 0 Å². The molecule has 1 atom stereocenters. The number of halogens is 1. The van der Waals surface area contributed by atoms with Crippen LogP contribution in [0.2, 0.25) is 5.28 Å². The number of furan rings is 1. The van der Waals surface area contributed by atoms with E-state index < -0.39 is 0 Å². The highest BCUT2D eigenvalue weighted by Crippen LogP contribution is 2.31. The number of fused-ring (bicyclic) bond motifs is 1. The first kappa shape index (κ1) is 14.6. The summed E-state index contributed by atoms with van der Waals surface area (Å²) in [5, 5.41) is 4.34. The third-order valence-corrected chi connectivity index (χ3v) is 3.62. The Morgan fingerprint density at radius 2 is 2.05 bits per heavy atom. The first-order valence-electron chi connectivity index (χ1n) is 7.02. The second-order valence-electron chi connectivity index (χ2n) is 4.95. The molecule has 0 saturated heterocycles. The minimum Gasteiger partial charge on any atom is -0.459 e. The second kappa shape index (κ2) is 5.81. The minimum atomic E-state index is -0.125. The standard InChI is InChI=1S/C15H16ClN5O/c1-3-9-10-6-4-5-7-11(10)22-12(9)8(2)18-15-20-13(16)19-14(17)21-15/h4-8H,3H2,1-2H3,(H3,17,18,19,20,21).